The second-order valence-corrected chi connectivity index (χ2v) is 18.1. The van der Waals surface area contributed by atoms with E-state index in [1.54, 1.807) is 30.5 Å². The van der Waals surface area contributed by atoms with Crippen molar-refractivity contribution in [3.63, 3.8) is 0 Å². The normalized spacial score (nSPS) is 21.2. The molecule has 3 aromatic rings. The van der Waals surface area contributed by atoms with Gasteiger partial charge in [0.1, 0.15) is 36.3 Å². The minimum Gasteiger partial charge on any atom is -0.401 e. The second kappa shape index (κ2) is 29.6. The molecule has 20 N–H and O–H groups in total. The van der Waals surface area contributed by atoms with E-state index >= 15 is 0 Å². The maximum absolute atomic E-state index is 14.5. The van der Waals surface area contributed by atoms with Gasteiger partial charge in [-0.05, 0) is 68.2 Å². The lowest BCUT2D eigenvalue weighted by molar-refractivity contribution is -0.136. The number of guanidine groups is 2. The number of aliphatic imine (C=N–C) groups is 2. The van der Waals surface area contributed by atoms with Crippen molar-refractivity contribution in [2.24, 2.45) is 38.7 Å². The van der Waals surface area contributed by atoms with Gasteiger partial charge in [0.05, 0.1) is 12.6 Å². The standard InChI is InChI=1S/C48H69ClN16O9/c1-26(50)32-14-7-19-55-40(68)18-17-36(62-41(69)34(59-27(2)67)15-8-20-56-47(51)52)43(71)65-39(25-66)46(74)64-37(22-28-10-3-5-12-31(28)49)45(73)61-35(16-9-21-57-48(53)54)42(70)63-38(44(72)60-32)23-29-24-58-33-13-6-4-11-30(29)33/h3-6,10-13,24,32,34-39,58,66H,1,7-9,14-23,25,50H2,2H3,(H,55,68)(H,59,67)(H,60,72)(H,61,73)(H,62,69)(H,63,70)(H,64,74)(H,65,71)(H4,51,52,56)(H4,53,54,57)/t32?,34-,35-,36-,37+,38-,39-/m0/s1. The van der Waals surface area contributed by atoms with Gasteiger partial charge in [0.2, 0.25) is 47.3 Å². The maximum atomic E-state index is 14.5. The van der Waals surface area contributed by atoms with Gasteiger partial charge in [-0.3, -0.25) is 48.3 Å². The first kappa shape index (κ1) is 58.6. The Balaban J connectivity index is 1.75. The number of aliphatic hydroxyl groups is 1. The third-order valence-corrected chi connectivity index (χ3v) is 12.2. The first-order valence-corrected chi connectivity index (χ1v) is 24.4. The Morgan fingerprint density at radius 1 is 0.757 bits per heavy atom. The van der Waals surface area contributed by atoms with Gasteiger partial charge in [-0.15, -0.1) is 0 Å². The van der Waals surface area contributed by atoms with Crippen LogP contribution in [0.4, 0.5) is 0 Å². The molecule has 0 aliphatic carbocycles. The predicted molar refractivity (Wildman–Crippen MR) is 278 cm³/mol. The highest BCUT2D eigenvalue weighted by Gasteiger charge is 2.34. The van der Waals surface area contributed by atoms with Crippen molar-refractivity contribution in [3.05, 3.63) is 83.2 Å². The van der Waals surface area contributed by atoms with Gasteiger partial charge in [0, 0.05) is 73.6 Å². The number of hydrogen-bond donors (Lipinski definition) is 15. The van der Waals surface area contributed by atoms with Crippen LogP contribution in [0, 0.1) is 0 Å². The van der Waals surface area contributed by atoms with Gasteiger partial charge in [-0.2, -0.15) is 0 Å². The molecule has 0 spiro atoms. The van der Waals surface area contributed by atoms with Gasteiger partial charge < -0.3 is 81.3 Å². The fourth-order valence-electron chi connectivity index (χ4n) is 7.96. The molecule has 0 saturated carbocycles. The maximum Gasteiger partial charge on any atom is 0.245 e. The van der Waals surface area contributed by atoms with Crippen LogP contribution in [0.5, 0.6) is 0 Å². The summed E-state index contributed by atoms with van der Waals surface area (Å²) < 4.78 is 0. The molecule has 1 aliphatic rings. The van der Waals surface area contributed by atoms with Gasteiger partial charge in [-0.1, -0.05) is 54.6 Å². The summed E-state index contributed by atoms with van der Waals surface area (Å²) in [5.74, 6) is -6.74. The molecule has 25 nitrogen and oxygen atoms in total. The summed E-state index contributed by atoms with van der Waals surface area (Å²) in [4.78, 5) is 122. The van der Waals surface area contributed by atoms with Gasteiger partial charge >= 0.3 is 0 Å². The molecule has 0 radical (unpaired) electrons. The van der Waals surface area contributed by atoms with Crippen molar-refractivity contribution in [2.75, 3.05) is 26.2 Å². The van der Waals surface area contributed by atoms with Crippen molar-refractivity contribution >= 4 is 81.7 Å². The molecule has 1 aliphatic heterocycles. The number of nitrogens with zero attached hydrogens (tertiary/aromatic N) is 2. The molecule has 7 atom stereocenters. The Kier molecular flexibility index (Phi) is 23.4. The lowest BCUT2D eigenvalue weighted by Gasteiger charge is -2.28. The van der Waals surface area contributed by atoms with E-state index in [2.05, 4.69) is 64.1 Å². The summed E-state index contributed by atoms with van der Waals surface area (Å²) >= 11 is 6.53. The summed E-state index contributed by atoms with van der Waals surface area (Å²) in [5.41, 5.74) is 30.1. The average molecular weight is 1050 g/mol. The third-order valence-electron chi connectivity index (χ3n) is 11.8. The quantitative estimate of drug-likeness (QED) is 0.0371. The monoisotopic (exact) mass is 1050 g/mol. The summed E-state index contributed by atoms with van der Waals surface area (Å²) in [7, 11) is 0. The van der Waals surface area contributed by atoms with Crippen LogP contribution in [0.25, 0.3) is 10.9 Å². The molecule has 2 aromatic carbocycles. The van der Waals surface area contributed by atoms with Gasteiger partial charge in [-0.25, -0.2) is 0 Å². The number of amides is 8. The topological polar surface area (TPSA) is 424 Å². The van der Waals surface area contributed by atoms with Crippen molar-refractivity contribution in [3.8, 4) is 0 Å². The Bertz CT molecular complexity index is 2530. The van der Waals surface area contributed by atoms with Crippen LogP contribution < -0.4 is 71.2 Å². The van der Waals surface area contributed by atoms with Crippen LogP contribution in [0.15, 0.2) is 77.0 Å². The van der Waals surface area contributed by atoms with Crippen molar-refractivity contribution in [1.29, 1.82) is 0 Å². The molecule has 0 bridgehead atoms. The molecule has 2 heterocycles. The molecule has 4 rings (SSSR count). The van der Waals surface area contributed by atoms with Crippen LogP contribution in [-0.2, 0) is 51.2 Å². The minimum atomic E-state index is -1.75. The predicted octanol–water partition coefficient (Wildman–Crippen LogP) is -2.72. The van der Waals surface area contributed by atoms with E-state index in [-0.39, 0.29) is 106 Å². The summed E-state index contributed by atoms with van der Waals surface area (Å²) in [5, 5.41) is 32.7. The number of aromatic amines is 1. The van der Waals surface area contributed by atoms with Crippen LogP contribution >= 0.6 is 11.6 Å². The first-order valence-electron chi connectivity index (χ1n) is 24.1. The van der Waals surface area contributed by atoms with Crippen molar-refractivity contribution in [2.45, 2.75) is 113 Å². The molecule has 1 saturated heterocycles. The lowest BCUT2D eigenvalue weighted by Crippen LogP contribution is -2.61. The number of carbonyl (C=O) groups excluding carboxylic acids is 8. The highest BCUT2D eigenvalue weighted by Crippen LogP contribution is 2.21. The lowest BCUT2D eigenvalue weighted by atomic mass is 10.0. The van der Waals surface area contributed by atoms with Crippen LogP contribution in [0.2, 0.25) is 5.02 Å². The van der Waals surface area contributed by atoms with Crippen molar-refractivity contribution in [1.82, 2.24) is 47.5 Å². The number of fused-ring (bicyclic) bond motifs is 1. The number of rotatable bonds is 17. The van der Waals surface area contributed by atoms with Crippen LogP contribution in [0.3, 0.4) is 0 Å². The number of aromatic nitrogens is 1. The molecular formula is C48H69ClN16O9. The number of carbonyl (C=O) groups is 8. The molecule has 26 heteroatoms. The summed E-state index contributed by atoms with van der Waals surface area (Å²) in [6, 6.07) is 4.35. The SMILES string of the molecule is C=C(N)C1CCCNC(=O)CC[C@H](NC(=O)[C@H](CCCN=C(N)N)NC(C)=O)C(=O)N[C@@H](CO)C(=O)N[C@H](Cc2ccccc2Cl)C(=O)N[C@@H](CCCN=C(N)N)C(=O)N[C@@H](Cc2c[nH]c3ccccc23)C(=O)N1. The fourth-order valence-corrected chi connectivity index (χ4v) is 8.17. The van der Waals surface area contributed by atoms with Crippen LogP contribution in [-0.4, -0.2) is 138 Å². The Hall–Kier alpha value is -7.93. The molecular weight excluding hydrogens is 980 g/mol. The molecule has 1 aromatic heterocycles. The first-order chi connectivity index (χ1) is 35.3. The number of benzene rings is 2. The van der Waals surface area contributed by atoms with E-state index in [1.807, 2.05) is 24.3 Å². The zero-order valence-electron chi connectivity index (χ0n) is 41.2. The number of aliphatic hydroxyl groups excluding tert-OH is 1. The van der Waals surface area contributed by atoms with E-state index in [0.717, 1.165) is 10.9 Å². The molecule has 8 amide bonds. The smallest absolute Gasteiger partial charge is 0.245 e. The number of nitrogens with one attached hydrogen (secondary N) is 9. The van der Waals surface area contributed by atoms with E-state index < -0.39 is 96.2 Å². The Morgan fingerprint density at radius 3 is 1.99 bits per heavy atom. The van der Waals surface area contributed by atoms with E-state index in [9.17, 15) is 43.5 Å². The minimum absolute atomic E-state index is 0.0235. The zero-order valence-corrected chi connectivity index (χ0v) is 42.0. The average Bonchev–Trinajstić information content (AvgIpc) is 3.76. The van der Waals surface area contributed by atoms with Gasteiger partial charge in [0.25, 0.3) is 0 Å². The summed E-state index contributed by atoms with van der Waals surface area (Å²) in [6.07, 6.45) is 1.57. The second-order valence-electron chi connectivity index (χ2n) is 17.7. The van der Waals surface area contributed by atoms with Crippen molar-refractivity contribution < 1.29 is 43.5 Å². The van der Waals surface area contributed by atoms with E-state index in [4.69, 9.17) is 40.3 Å². The van der Waals surface area contributed by atoms with Crippen LogP contribution in [0.1, 0.15) is 69.4 Å². The molecule has 1 unspecified atom stereocenters. The van der Waals surface area contributed by atoms with E-state index in [0.29, 0.717) is 11.1 Å². The van der Waals surface area contributed by atoms with Gasteiger partial charge in [0.15, 0.2) is 11.9 Å². The number of para-hydroxylation sites is 1. The zero-order chi connectivity index (χ0) is 54.3. The molecule has 402 valence electrons. The number of hydrogen-bond acceptors (Lipinski definition) is 12. The highest BCUT2D eigenvalue weighted by molar-refractivity contribution is 6.31. The fraction of sp³-hybridized carbons (Fsp3) is 0.458. The third kappa shape index (κ3) is 19.2. The summed E-state index contributed by atoms with van der Waals surface area (Å²) in [6.45, 7) is 4.27. The number of nitrogens with two attached hydrogens (primary N) is 5. The molecule has 1 fully saturated rings. The van der Waals surface area contributed by atoms with E-state index in [1.165, 1.54) is 6.92 Å². The molecule has 74 heavy (non-hydrogen) atoms. The number of H-pyrrole nitrogens is 1. The Labute approximate surface area is 432 Å². The largest absolute Gasteiger partial charge is 0.401 e. The Morgan fingerprint density at radius 2 is 1.34 bits per heavy atom. The highest BCUT2D eigenvalue weighted by atomic mass is 35.5. The number of halogens is 1.